The minimum atomic E-state index is 0.513. The van der Waals surface area contributed by atoms with Crippen molar-refractivity contribution in [2.45, 2.75) is 58.0 Å². The summed E-state index contributed by atoms with van der Waals surface area (Å²) >= 11 is 0. The zero-order chi connectivity index (χ0) is 13.5. The van der Waals surface area contributed by atoms with E-state index in [2.05, 4.69) is 27.4 Å². The Hall–Kier alpha value is -1.59. The zero-order valence-electron chi connectivity index (χ0n) is 11.7. The smallest absolute Gasteiger partial charge is 0.188 e. The number of aryl methyl sites for hydroxylation is 1. The van der Waals surface area contributed by atoms with Crippen molar-refractivity contribution < 1.29 is 0 Å². The average Bonchev–Trinajstić information content (AvgIpc) is 2.87. The number of nitrogens with zero attached hydrogens (tertiary/aromatic N) is 4. The van der Waals surface area contributed by atoms with Crippen molar-refractivity contribution in [3.8, 4) is 0 Å². The Labute approximate surface area is 114 Å². The van der Waals surface area contributed by atoms with E-state index in [0.29, 0.717) is 18.5 Å². The molecule has 0 aliphatic heterocycles. The largest absolute Gasteiger partial charge is 0.370 e. The Morgan fingerprint density at radius 3 is 3.00 bits per heavy atom. The van der Waals surface area contributed by atoms with E-state index in [4.69, 9.17) is 5.73 Å². The summed E-state index contributed by atoms with van der Waals surface area (Å²) in [5.74, 6) is 1.56. The van der Waals surface area contributed by atoms with Crippen LogP contribution in [-0.4, -0.2) is 33.3 Å². The van der Waals surface area contributed by atoms with Gasteiger partial charge >= 0.3 is 0 Å². The van der Waals surface area contributed by atoms with E-state index in [-0.39, 0.29) is 0 Å². The van der Waals surface area contributed by atoms with Crippen LogP contribution in [-0.2, 0) is 13.0 Å². The fourth-order valence-electron chi connectivity index (χ4n) is 2.52. The van der Waals surface area contributed by atoms with Crippen LogP contribution in [0.3, 0.4) is 0 Å². The highest BCUT2D eigenvalue weighted by atomic mass is 15.3. The predicted molar refractivity (Wildman–Crippen MR) is 75.9 cm³/mol. The molecule has 2 rings (SSSR count). The molecule has 6 nitrogen and oxygen atoms in total. The van der Waals surface area contributed by atoms with Gasteiger partial charge in [-0.15, -0.1) is 10.2 Å². The van der Waals surface area contributed by atoms with E-state index in [1.165, 1.54) is 32.1 Å². The molecule has 6 heteroatoms. The third-order valence-corrected chi connectivity index (χ3v) is 3.59. The van der Waals surface area contributed by atoms with E-state index in [1.54, 1.807) is 6.33 Å². The fraction of sp³-hybridized carbons (Fsp3) is 0.769. The van der Waals surface area contributed by atoms with E-state index in [0.717, 1.165) is 18.8 Å². The molecule has 1 fully saturated rings. The highest BCUT2D eigenvalue weighted by Crippen LogP contribution is 2.16. The van der Waals surface area contributed by atoms with Crippen molar-refractivity contribution in [1.29, 1.82) is 0 Å². The zero-order valence-corrected chi connectivity index (χ0v) is 11.7. The summed E-state index contributed by atoms with van der Waals surface area (Å²) in [5, 5.41) is 11.3. The first-order valence-corrected chi connectivity index (χ1v) is 7.22. The molecule has 106 valence electrons. The molecule has 1 aliphatic rings. The minimum Gasteiger partial charge on any atom is -0.370 e. The van der Waals surface area contributed by atoms with Gasteiger partial charge in [-0.3, -0.25) is 4.99 Å². The Balaban J connectivity index is 1.75. The number of guanidine groups is 1. The lowest BCUT2D eigenvalue weighted by Crippen LogP contribution is -2.41. The maximum absolute atomic E-state index is 5.91. The molecule has 0 saturated heterocycles. The van der Waals surface area contributed by atoms with Crippen LogP contribution in [0.15, 0.2) is 11.3 Å². The molecule has 1 heterocycles. The monoisotopic (exact) mass is 264 g/mol. The van der Waals surface area contributed by atoms with Crippen LogP contribution in [0.1, 0.15) is 44.9 Å². The van der Waals surface area contributed by atoms with Gasteiger partial charge in [0.05, 0.1) is 6.54 Å². The molecule has 0 unspecified atom stereocenters. The van der Waals surface area contributed by atoms with Crippen molar-refractivity contribution in [3.05, 3.63) is 12.2 Å². The van der Waals surface area contributed by atoms with Crippen LogP contribution >= 0.6 is 0 Å². The van der Waals surface area contributed by atoms with Gasteiger partial charge in [0, 0.05) is 19.0 Å². The first-order chi connectivity index (χ1) is 9.29. The van der Waals surface area contributed by atoms with Gasteiger partial charge in [-0.1, -0.05) is 26.2 Å². The van der Waals surface area contributed by atoms with E-state index < -0.39 is 0 Å². The lowest BCUT2D eigenvalue weighted by Gasteiger charge is -2.23. The number of nitrogens with one attached hydrogen (secondary N) is 1. The van der Waals surface area contributed by atoms with Gasteiger partial charge in [0.15, 0.2) is 5.96 Å². The van der Waals surface area contributed by atoms with Gasteiger partial charge in [-0.05, 0) is 12.8 Å². The molecule has 0 atom stereocenters. The lowest BCUT2D eigenvalue weighted by molar-refractivity contribution is 0.412. The van der Waals surface area contributed by atoms with Crippen molar-refractivity contribution >= 4 is 5.96 Å². The number of aliphatic imine (C=N–C) groups is 1. The number of aromatic nitrogens is 3. The number of rotatable bonds is 5. The van der Waals surface area contributed by atoms with Gasteiger partial charge in [-0.25, -0.2) is 0 Å². The second-order valence-electron chi connectivity index (χ2n) is 5.04. The molecule has 0 amide bonds. The summed E-state index contributed by atoms with van der Waals surface area (Å²) in [5.41, 5.74) is 5.91. The highest BCUT2D eigenvalue weighted by molar-refractivity contribution is 5.78. The normalized spacial score (nSPS) is 17.6. The quantitative estimate of drug-likeness (QED) is 0.616. The molecule has 0 bridgehead atoms. The van der Waals surface area contributed by atoms with Gasteiger partial charge in [0.2, 0.25) is 0 Å². The van der Waals surface area contributed by atoms with Crippen molar-refractivity contribution in [3.63, 3.8) is 0 Å². The molecule has 1 aromatic rings. The highest BCUT2D eigenvalue weighted by Gasteiger charge is 2.13. The Morgan fingerprint density at radius 2 is 2.26 bits per heavy atom. The SMILES string of the molecule is CCc1nncn1CCN=C(N)NC1CCCCC1. The van der Waals surface area contributed by atoms with Gasteiger partial charge in [-0.2, -0.15) is 0 Å². The van der Waals surface area contributed by atoms with Crippen LogP contribution in [0.4, 0.5) is 0 Å². The molecule has 0 radical (unpaired) electrons. The van der Waals surface area contributed by atoms with Crippen LogP contribution in [0.2, 0.25) is 0 Å². The molecule has 1 saturated carbocycles. The van der Waals surface area contributed by atoms with Crippen LogP contribution in [0, 0.1) is 0 Å². The van der Waals surface area contributed by atoms with Gasteiger partial charge in [0.1, 0.15) is 12.2 Å². The molecule has 0 spiro atoms. The van der Waals surface area contributed by atoms with Crippen LogP contribution in [0.25, 0.3) is 0 Å². The molecular weight excluding hydrogens is 240 g/mol. The third kappa shape index (κ3) is 4.22. The summed E-state index contributed by atoms with van der Waals surface area (Å²) in [6.07, 6.45) is 9.00. The maximum atomic E-state index is 5.91. The Morgan fingerprint density at radius 1 is 1.47 bits per heavy atom. The van der Waals surface area contributed by atoms with E-state index in [1.807, 2.05) is 4.57 Å². The predicted octanol–water partition coefficient (Wildman–Crippen LogP) is 1.08. The Bertz CT molecular complexity index is 405. The molecule has 3 N–H and O–H groups in total. The summed E-state index contributed by atoms with van der Waals surface area (Å²) in [6.45, 7) is 3.52. The minimum absolute atomic E-state index is 0.513. The van der Waals surface area contributed by atoms with Gasteiger partial charge < -0.3 is 15.6 Å². The Kier molecular flexibility index (Phi) is 5.18. The number of nitrogens with two attached hydrogens (primary N) is 1. The van der Waals surface area contributed by atoms with Crippen molar-refractivity contribution in [2.24, 2.45) is 10.7 Å². The topological polar surface area (TPSA) is 81.1 Å². The summed E-state index contributed by atoms with van der Waals surface area (Å²) in [7, 11) is 0. The fourth-order valence-corrected chi connectivity index (χ4v) is 2.52. The average molecular weight is 264 g/mol. The van der Waals surface area contributed by atoms with E-state index in [9.17, 15) is 0 Å². The molecule has 0 aromatic carbocycles. The maximum Gasteiger partial charge on any atom is 0.188 e. The van der Waals surface area contributed by atoms with Gasteiger partial charge in [0.25, 0.3) is 0 Å². The standard InChI is InChI=1S/C13H24N6/c1-2-12-18-16-10-19(12)9-8-15-13(14)17-11-6-4-3-5-7-11/h10-11H,2-9H2,1H3,(H3,14,15,17). The van der Waals surface area contributed by atoms with Crippen molar-refractivity contribution in [1.82, 2.24) is 20.1 Å². The second kappa shape index (κ2) is 7.11. The van der Waals surface area contributed by atoms with E-state index >= 15 is 0 Å². The first-order valence-electron chi connectivity index (χ1n) is 7.22. The first kappa shape index (κ1) is 13.8. The molecule has 1 aliphatic carbocycles. The van der Waals surface area contributed by atoms with Crippen molar-refractivity contribution in [2.75, 3.05) is 6.54 Å². The molecule has 19 heavy (non-hydrogen) atoms. The number of hydrogen-bond acceptors (Lipinski definition) is 3. The third-order valence-electron chi connectivity index (χ3n) is 3.59. The number of hydrogen-bond donors (Lipinski definition) is 2. The summed E-state index contributed by atoms with van der Waals surface area (Å²) in [6, 6.07) is 0.513. The summed E-state index contributed by atoms with van der Waals surface area (Å²) < 4.78 is 2.03. The van der Waals surface area contributed by atoms with Crippen LogP contribution < -0.4 is 11.1 Å². The van der Waals surface area contributed by atoms with Crippen LogP contribution in [0.5, 0.6) is 0 Å². The molecular formula is C13H24N6. The second-order valence-corrected chi connectivity index (χ2v) is 5.04. The molecule has 1 aromatic heterocycles. The summed E-state index contributed by atoms with van der Waals surface area (Å²) in [4.78, 5) is 4.38. The lowest BCUT2D eigenvalue weighted by atomic mass is 9.96.